The first-order valence-electron chi connectivity index (χ1n) is 5.50. The van der Waals surface area contributed by atoms with Gasteiger partial charge in [0.1, 0.15) is 6.61 Å². The first-order valence-corrected chi connectivity index (χ1v) is 6.29. The Morgan fingerprint density at radius 2 is 1.94 bits per heavy atom. The molecule has 1 fully saturated rings. The zero-order valence-corrected chi connectivity index (χ0v) is 10.8. The second-order valence-corrected chi connectivity index (χ2v) is 5.34. The van der Waals surface area contributed by atoms with E-state index in [-0.39, 0.29) is 12.4 Å². The largest absolute Gasteiger partial charge is 0.487 e. The van der Waals surface area contributed by atoms with Crippen molar-refractivity contribution in [1.29, 1.82) is 0 Å². The Kier molecular flexibility index (Phi) is 3.68. The summed E-state index contributed by atoms with van der Waals surface area (Å²) in [5.41, 5.74) is -0.898. The number of halogens is 3. The van der Waals surface area contributed by atoms with Crippen molar-refractivity contribution < 1.29 is 18.6 Å². The van der Waals surface area contributed by atoms with Crippen molar-refractivity contribution in [3.8, 4) is 5.75 Å². The molecule has 0 unspecified atom stereocenters. The summed E-state index contributed by atoms with van der Waals surface area (Å²) in [6, 6.07) is 2.39. The third-order valence-electron chi connectivity index (χ3n) is 2.99. The van der Waals surface area contributed by atoms with Crippen molar-refractivity contribution >= 4 is 15.9 Å². The van der Waals surface area contributed by atoms with Gasteiger partial charge in [-0.3, -0.25) is 0 Å². The molecule has 0 spiro atoms. The number of hydrogen-bond donors (Lipinski definition) is 1. The maximum absolute atomic E-state index is 13.4. The van der Waals surface area contributed by atoms with Crippen molar-refractivity contribution in [3.05, 3.63) is 28.2 Å². The zero-order chi connectivity index (χ0) is 12.5. The Hall–Kier alpha value is -0.680. The topological polar surface area (TPSA) is 29.5 Å². The molecule has 17 heavy (non-hydrogen) atoms. The third kappa shape index (κ3) is 2.96. The van der Waals surface area contributed by atoms with Gasteiger partial charge in [0.05, 0.1) is 5.60 Å². The molecule has 2 rings (SSSR count). The number of rotatable bonds is 3. The van der Waals surface area contributed by atoms with Crippen molar-refractivity contribution in [2.24, 2.45) is 0 Å². The second kappa shape index (κ2) is 4.90. The molecule has 0 atom stereocenters. The van der Waals surface area contributed by atoms with E-state index in [1.165, 1.54) is 6.07 Å². The van der Waals surface area contributed by atoms with E-state index in [0.29, 0.717) is 17.3 Å². The Bertz CT molecular complexity index is 417. The van der Waals surface area contributed by atoms with Gasteiger partial charge < -0.3 is 9.84 Å². The predicted octanol–water partition coefficient (Wildman–Crippen LogP) is 3.41. The smallest absolute Gasteiger partial charge is 0.200 e. The summed E-state index contributed by atoms with van der Waals surface area (Å²) in [5.74, 6) is -2.15. The van der Waals surface area contributed by atoms with Gasteiger partial charge in [0.2, 0.25) is 5.82 Å². The number of benzene rings is 1. The van der Waals surface area contributed by atoms with Crippen LogP contribution in [0.1, 0.15) is 25.7 Å². The molecule has 0 saturated heterocycles. The highest BCUT2D eigenvalue weighted by Gasteiger charge is 2.32. The van der Waals surface area contributed by atoms with Crippen molar-refractivity contribution in [2.45, 2.75) is 31.3 Å². The number of ether oxygens (including phenoxy) is 1. The Morgan fingerprint density at radius 3 is 2.59 bits per heavy atom. The molecule has 0 amide bonds. The van der Waals surface area contributed by atoms with E-state index < -0.39 is 17.2 Å². The summed E-state index contributed by atoms with van der Waals surface area (Å²) >= 11 is 3.06. The van der Waals surface area contributed by atoms with E-state index in [0.717, 1.165) is 18.9 Å². The van der Waals surface area contributed by atoms with Crippen molar-refractivity contribution in [2.75, 3.05) is 6.61 Å². The fraction of sp³-hybridized carbons (Fsp3) is 0.500. The monoisotopic (exact) mass is 306 g/mol. The molecular weight excluding hydrogens is 294 g/mol. The summed E-state index contributed by atoms with van der Waals surface area (Å²) in [7, 11) is 0. The first kappa shape index (κ1) is 12.8. The lowest BCUT2D eigenvalue weighted by molar-refractivity contribution is 0.000110. The van der Waals surface area contributed by atoms with E-state index in [4.69, 9.17) is 4.74 Å². The maximum Gasteiger partial charge on any atom is 0.200 e. The van der Waals surface area contributed by atoms with Crippen LogP contribution < -0.4 is 4.74 Å². The highest BCUT2D eigenvalue weighted by atomic mass is 79.9. The maximum atomic E-state index is 13.4. The van der Waals surface area contributed by atoms with Crippen LogP contribution in [-0.2, 0) is 0 Å². The Balaban J connectivity index is 2.08. The van der Waals surface area contributed by atoms with Crippen LogP contribution in [0.2, 0.25) is 0 Å². The minimum absolute atomic E-state index is 0.000185. The fourth-order valence-electron chi connectivity index (χ4n) is 2.03. The Morgan fingerprint density at radius 1 is 1.29 bits per heavy atom. The van der Waals surface area contributed by atoms with Crippen LogP contribution >= 0.6 is 15.9 Å². The number of hydrogen-bond acceptors (Lipinski definition) is 2. The third-order valence-corrected chi connectivity index (χ3v) is 3.45. The van der Waals surface area contributed by atoms with E-state index in [9.17, 15) is 13.9 Å². The van der Waals surface area contributed by atoms with E-state index in [2.05, 4.69) is 15.9 Å². The summed E-state index contributed by atoms with van der Waals surface area (Å²) in [4.78, 5) is 0. The standard InChI is InChI=1S/C12H13BrF2O2/c13-8-5-9(14)11(15)10(6-8)17-7-12(16)3-1-2-4-12/h5-6,16H,1-4,7H2. The molecule has 0 aromatic heterocycles. The molecule has 1 aliphatic carbocycles. The summed E-state index contributed by atoms with van der Waals surface area (Å²) in [5, 5.41) is 10.0. The van der Waals surface area contributed by atoms with E-state index in [1.807, 2.05) is 0 Å². The molecule has 0 aliphatic heterocycles. The van der Waals surface area contributed by atoms with Crippen LogP contribution in [-0.4, -0.2) is 17.3 Å². The molecule has 0 radical (unpaired) electrons. The minimum atomic E-state index is -1.02. The van der Waals surface area contributed by atoms with E-state index in [1.54, 1.807) is 0 Å². The molecule has 0 heterocycles. The van der Waals surface area contributed by atoms with Crippen LogP contribution in [0.25, 0.3) is 0 Å². The fourth-order valence-corrected chi connectivity index (χ4v) is 2.44. The van der Waals surface area contributed by atoms with Crippen LogP contribution in [0.15, 0.2) is 16.6 Å². The van der Waals surface area contributed by atoms with Crippen LogP contribution in [0.4, 0.5) is 8.78 Å². The molecule has 5 heteroatoms. The molecule has 94 valence electrons. The lowest BCUT2D eigenvalue weighted by Crippen LogP contribution is -2.32. The van der Waals surface area contributed by atoms with Gasteiger partial charge in [-0.1, -0.05) is 28.8 Å². The van der Waals surface area contributed by atoms with Gasteiger partial charge in [-0.15, -0.1) is 0 Å². The van der Waals surface area contributed by atoms with Crippen LogP contribution in [0.3, 0.4) is 0 Å². The summed E-state index contributed by atoms with van der Waals surface area (Å²) < 4.78 is 32.1. The molecule has 1 aromatic rings. The second-order valence-electron chi connectivity index (χ2n) is 4.42. The van der Waals surface area contributed by atoms with Gasteiger partial charge in [-0.25, -0.2) is 4.39 Å². The Labute approximate surface area is 107 Å². The lowest BCUT2D eigenvalue weighted by Gasteiger charge is -2.22. The minimum Gasteiger partial charge on any atom is -0.487 e. The van der Waals surface area contributed by atoms with Crippen LogP contribution in [0.5, 0.6) is 5.75 Å². The molecule has 2 nitrogen and oxygen atoms in total. The number of aliphatic hydroxyl groups is 1. The van der Waals surface area contributed by atoms with Gasteiger partial charge in [0, 0.05) is 4.47 Å². The quantitative estimate of drug-likeness (QED) is 0.867. The molecule has 0 bridgehead atoms. The van der Waals surface area contributed by atoms with Crippen molar-refractivity contribution in [3.63, 3.8) is 0 Å². The molecule has 1 aliphatic rings. The van der Waals surface area contributed by atoms with Crippen LogP contribution in [0, 0.1) is 11.6 Å². The predicted molar refractivity (Wildman–Crippen MR) is 63.0 cm³/mol. The average molecular weight is 307 g/mol. The molecule has 1 N–H and O–H groups in total. The average Bonchev–Trinajstić information content (AvgIpc) is 2.69. The lowest BCUT2D eigenvalue weighted by atomic mass is 10.0. The van der Waals surface area contributed by atoms with Gasteiger partial charge in [0.15, 0.2) is 11.6 Å². The summed E-state index contributed by atoms with van der Waals surface area (Å²) in [6.45, 7) is -0.000185. The van der Waals surface area contributed by atoms with Gasteiger partial charge in [-0.2, -0.15) is 4.39 Å². The molecule has 1 saturated carbocycles. The van der Waals surface area contributed by atoms with E-state index >= 15 is 0 Å². The van der Waals surface area contributed by atoms with Crippen molar-refractivity contribution in [1.82, 2.24) is 0 Å². The first-order chi connectivity index (χ1) is 8.00. The normalized spacial score (nSPS) is 18.4. The highest BCUT2D eigenvalue weighted by molar-refractivity contribution is 9.10. The van der Waals surface area contributed by atoms with Gasteiger partial charge in [-0.05, 0) is 25.0 Å². The molecular formula is C12H13BrF2O2. The SMILES string of the molecule is OC1(COc2cc(Br)cc(F)c2F)CCCC1. The highest BCUT2D eigenvalue weighted by Crippen LogP contribution is 2.31. The van der Waals surface area contributed by atoms with Gasteiger partial charge in [0.25, 0.3) is 0 Å². The molecule has 1 aromatic carbocycles. The van der Waals surface area contributed by atoms with Gasteiger partial charge >= 0.3 is 0 Å². The summed E-state index contributed by atoms with van der Waals surface area (Å²) in [6.07, 6.45) is 3.17. The zero-order valence-electron chi connectivity index (χ0n) is 9.18.